The van der Waals surface area contributed by atoms with Crippen LogP contribution in [0.4, 0.5) is 0 Å². The average molecular weight is 245 g/mol. The molecule has 2 aromatic carbocycles. The Hall–Kier alpha value is -1.45. The maximum atomic E-state index is 9.37. The van der Waals surface area contributed by atoms with Gasteiger partial charge in [-0.25, -0.2) is 0 Å². The molecular weight excluding hydrogens is 230 g/mol. The third kappa shape index (κ3) is 3.51. The van der Waals surface area contributed by atoms with E-state index >= 15 is 0 Å². The summed E-state index contributed by atoms with van der Waals surface area (Å²) in [6.45, 7) is 0.570. The van der Waals surface area contributed by atoms with Crippen LogP contribution in [0.3, 0.4) is 0 Å². The summed E-state index contributed by atoms with van der Waals surface area (Å²) in [5, 5.41) is 9.37. The molecule has 17 heavy (non-hydrogen) atoms. The fourth-order valence-corrected chi connectivity index (χ4v) is 2.50. The van der Waals surface area contributed by atoms with Crippen molar-refractivity contribution < 1.29 is 5.11 Å². The molecule has 0 bridgehead atoms. The molecule has 0 atom stereocenters. The predicted molar refractivity (Wildman–Crippen MR) is 72.0 cm³/mol. The molecule has 0 amide bonds. The second-order valence-corrected chi connectivity index (χ2v) is 4.86. The minimum Gasteiger partial charge on any atom is -0.508 e. The second-order valence-electron chi connectivity index (χ2n) is 3.81. The van der Waals surface area contributed by atoms with E-state index in [2.05, 4.69) is 12.1 Å². The molecule has 3 N–H and O–H groups in total. The Balaban J connectivity index is 2.02. The van der Waals surface area contributed by atoms with Crippen molar-refractivity contribution >= 4 is 11.8 Å². The van der Waals surface area contributed by atoms with Gasteiger partial charge in [-0.2, -0.15) is 0 Å². The number of hydrogen-bond donors (Lipinski definition) is 2. The molecule has 0 spiro atoms. The average Bonchev–Trinajstić information content (AvgIpc) is 2.37. The Labute approximate surface area is 105 Å². The lowest BCUT2D eigenvalue weighted by molar-refractivity contribution is 0.475. The molecular formula is C14H15NOS. The first-order chi connectivity index (χ1) is 8.28. The highest BCUT2D eigenvalue weighted by molar-refractivity contribution is 7.98. The molecule has 0 saturated heterocycles. The SMILES string of the molecule is NCc1cccc(SCc2cccc(O)c2)c1. The number of hydrogen-bond acceptors (Lipinski definition) is 3. The van der Waals surface area contributed by atoms with Crippen molar-refractivity contribution in [1.82, 2.24) is 0 Å². The molecule has 3 heteroatoms. The van der Waals surface area contributed by atoms with Gasteiger partial charge in [-0.15, -0.1) is 11.8 Å². The number of nitrogens with two attached hydrogens (primary N) is 1. The summed E-state index contributed by atoms with van der Waals surface area (Å²) in [7, 11) is 0. The van der Waals surface area contributed by atoms with E-state index in [-0.39, 0.29) is 0 Å². The van der Waals surface area contributed by atoms with Crippen LogP contribution in [0.5, 0.6) is 5.75 Å². The van der Waals surface area contributed by atoms with Gasteiger partial charge in [0.15, 0.2) is 0 Å². The number of thioether (sulfide) groups is 1. The van der Waals surface area contributed by atoms with Crippen molar-refractivity contribution in [2.75, 3.05) is 0 Å². The van der Waals surface area contributed by atoms with Crippen LogP contribution < -0.4 is 5.73 Å². The highest BCUT2D eigenvalue weighted by Gasteiger charge is 1.98. The Morgan fingerprint density at radius 2 is 1.76 bits per heavy atom. The van der Waals surface area contributed by atoms with Gasteiger partial charge in [0, 0.05) is 17.2 Å². The normalized spacial score (nSPS) is 10.4. The van der Waals surface area contributed by atoms with Gasteiger partial charge in [0.1, 0.15) is 5.75 Å². The fraction of sp³-hybridized carbons (Fsp3) is 0.143. The summed E-state index contributed by atoms with van der Waals surface area (Å²) >= 11 is 1.75. The molecule has 0 aromatic heterocycles. The topological polar surface area (TPSA) is 46.2 Å². The molecule has 2 rings (SSSR count). The quantitative estimate of drug-likeness (QED) is 0.813. The third-order valence-corrected chi connectivity index (χ3v) is 3.52. The van der Waals surface area contributed by atoms with Crippen LogP contribution in [0, 0.1) is 0 Å². The minimum atomic E-state index is 0.318. The van der Waals surface area contributed by atoms with Crippen LogP contribution in [-0.4, -0.2) is 5.11 Å². The first-order valence-corrected chi connectivity index (χ1v) is 6.46. The fourth-order valence-electron chi connectivity index (χ4n) is 1.58. The van der Waals surface area contributed by atoms with Crippen LogP contribution in [0.25, 0.3) is 0 Å². The molecule has 0 aliphatic carbocycles. The summed E-state index contributed by atoms with van der Waals surface area (Å²) in [5.41, 5.74) is 7.87. The van der Waals surface area contributed by atoms with E-state index < -0.39 is 0 Å². The molecule has 2 aromatic rings. The first kappa shape index (κ1) is 12.0. The molecule has 88 valence electrons. The number of rotatable bonds is 4. The van der Waals surface area contributed by atoms with E-state index in [1.165, 1.54) is 4.90 Å². The summed E-state index contributed by atoms with van der Waals surface area (Å²) < 4.78 is 0. The maximum absolute atomic E-state index is 9.37. The van der Waals surface area contributed by atoms with Crippen molar-refractivity contribution in [2.45, 2.75) is 17.2 Å². The van der Waals surface area contributed by atoms with Gasteiger partial charge < -0.3 is 10.8 Å². The van der Waals surface area contributed by atoms with Gasteiger partial charge in [0.05, 0.1) is 0 Å². The van der Waals surface area contributed by atoms with Crippen molar-refractivity contribution in [3.8, 4) is 5.75 Å². The largest absolute Gasteiger partial charge is 0.508 e. The Morgan fingerprint density at radius 3 is 2.53 bits per heavy atom. The Morgan fingerprint density at radius 1 is 1.00 bits per heavy atom. The van der Waals surface area contributed by atoms with Crippen LogP contribution in [-0.2, 0) is 12.3 Å². The third-order valence-electron chi connectivity index (χ3n) is 2.45. The maximum Gasteiger partial charge on any atom is 0.115 e. The van der Waals surface area contributed by atoms with Gasteiger partial charge in [-0.05, 0) is 35.4 Å². The zero-order valence-electron chi connectivity index (χ0n) is 9.47. The zero-order chi connectivity index (χ0) is 12.1. The lowest BCUT2D eigenvalue weighted by Crippen LogP contribution is -1.95. The van der Waals surface area contributed by atoms with Crippen molar-refractivity contribution in [3.63, 3.8) is 0 Å². The summed E-state index contributed by atoms with van der Waals surface area (Å²) in [6, 6.07) is 15.6. The van der Waals surface area contributed by atoms with Crippen molar-refractivity contribution in [2.24, 2.45) is 5.73 Å². The van der Waals surface area contributed by atoms with Crippen LogP contribution in [0.1, 0.15) is 11.1 Å². The van der Waals surface area contributed by atoms with E-state index in [4.69, 9.17) is 5.73 Å². The van der Waals surface area contributed by atoms with E-state index in [1.807, 2.05) is 24.3 Å². The lowest BCUT2D eigenvalue weighted by Gasteiger charge is -2.04. The first-order valence-electron chi connectivity index (χ1n) is 5.47. The molecule has 0 fully saturated rings. The summed E-state index contributed by atoms with van der Waals surface area (Å²) in [5.74, 6) is 1.17. The Kier molecular flexibility index (Phi) is 4.07. The molecule has 0 saturated carbocycles. The standard InChI is InChI=1S/C14H15NOS/c15-9-11-3-2-6-14(8-11)17-10-12-4-1-5-13(16)7-12/h1-8,16H,9-10,15H2. The van der Waals surface area contributed by atoms with Crippen LogP contribution in [0.2, 0.25) is 0 Å². The Bertz CT molecular complexity index is 499. The van der Waals surface area contributed by atoms with Crippen molar-refractivity contribution in [1.29, 1.82) is 0 Å². The number of aromatic hydroxyl groups is 1. The molecule has 0 unspecified atom stereocenters. The molecule has 0 aliphatic heterocycles. The highest BCUT2D eigenvalue weighted by atomic mass is 32.2. The van der Waals surface area contributed by atoms with Gasteiger partial charge in [0.2, 0.25) is 0 Å². The smallest absolute Gasteiger partial charge is 0.115 e. The number of phenolic OH excluding ortho intramolecular Hbond substituents is 1. The van der Waals surface area contributed by atoms with Gasteiger partial charge in [-0.1, -0.05) is 24.3 Å². The molecule has 0 radical (unpaired) electrons. The summed E-state index contributed by atoms with van der Waals surface area (Å²) in [6.07, 6.45) is 0. The lowest BCUT2D eigenvalue weighted by atomic mass is 10.2. The number of benzene rings is 2. The highest BCUT2D eigenvalue weighted by Crippen LogP contribution is 2.24. The summed E-state index contributed by atoms with van der Waals surface area (Å²) in [4.78, 5) is 1.20. The van der Waals surface area contributed by atoms with E-state index in [9.17, 15) is 5.11 Å². The van der Waals surface area contributed by atoms with Crippen molar-refractivity contribution in [3.05, 3.63) is 59.7 Å². The number of phenols is 1. The van der Waals surface area contributed by atoms with Gasteiger partial charge in [0.25, 0.3) is 0 Å². The second kappa shape index (κ2) is 5.75. The van der Waals surface area contributed by atoms with E-state index in [0.29, 0.717) is 12.3 Å². The minimum absolute atomic E-state index is 0.318. The monoisotopic (exact) mass is 245 g/mol. The molecule has 2 nitrogen and oxygen atoms in total. The van der Waals surface area contributed by atoms with E-state index in [1.54, 1.807) is 23.9 Å². The van der Waals surface area contributed by atoms with Gasteiger partial charge >= 0.3 is 0 Å². The molecule has 0 aliphatic rings. The predicted octanol–water partition coefficient (Wildman–Crippen LogP) is 3.14. The van der Waals surface area contributed by atoms with Crippen LogP contribution >= 0.6 is 11.8 Å². The van der Waals surface area contributed by atoms with E-state index in [0.717, 1.165) is 16.9 Å². The van der Waals surface area contributed by atoms with Crippen LogP contribution in [0.15, 0.2) is 53.4 Å². The zero-order valence-corrected chi connectivity index (χ0v) is 10.3. The van der Waals surface area contributed by atoms with Gasteiger partial charge in [-0.3, -0.25) is 0 Å². The molecule has 0 heterocycles.